The quantitative estimate of drug-likeness (QED) is 0.670. The second kappa shape index (κ2) is 8.49. The van der Waals surface area contributed by atoms with Crippen LogP contribution in [0.4, 0.5) is 11.4 Å². The molecule has 25 heavy (non-hydrogen) atoms. The molecule has 0 aliphatic carbocycles. The van der Waals surface area contributed by atoms with Gasteiger partial charge in [-0.3, -0.25) is 14.6 Å². The summed E-state index contributed by atoms with van der Waals surface area (Å²) in [5.41, 5.74) is 2.01. The molecule has 2 rings (SSSR count). The Bertz CT molecular complexity index is 785. The van der Waals surface area contributed by atoms with Crippen LogP contribution in [0.15, 0.2) is 47.5 Å². The molecule has 2 aromatic carbocycles. The number of phenolic OH excluding ortho intramolecular Hbond substituents is 1. The summed E-state index contributed by atoms with van der Waals surface area (Å²) in [7, 11) is 1.47. The summed E-state index contributed by atoms with van der Waals surface area (Å²) in [5, 5.41) is 20.7. The number of benzene rings is 2. The maximum Gasteiger partial charge on any atom is 0.303 e. The van der Waals surface area contributed by atoms with E-state index < -0.39 is 5.97 Å². The van der Waals surface area contributed by atoms with Crippen molar-refractivity contribution in [1.29, 1.82) is 0 Å². The van der Waals surface area contributed by atoms with E-state index in [1.54, 1.807) is 42.6 Å². The lowest BCUT2D eigenvalue weighted by molar-refractivity contribution is -0.138. The van der Waals surface area contributed by atoms with E-state index in [0.29, 0.717) is 17.1 Å². The zero-order valence-electron chi connectivity index (χ0n) is 13.6. The first-order valence-electron chi connectivity index (χ1n) is 7.50. The summed E-state index contributed by atoms with van der Waals surface area (Å²) in [6.45, 7) is 0. The van der Waals surface area contributed by atoms with Crippen LogP contribution in [0.3, 0.4) is 0 Å². The minimum Gasteiger partial charge on any atom is -0.504 e. The van der Waals surface area contributed by atoms with Crippen molar-refractivity contribution >= 4 is 29.5 Å². The highest BCUT2D eigenvalue weighted by molar-refractivity contribution is 5.92. The van der Waals surface area contributed by atoms with Gasteiger partial charge >= 0.3 is 5.97 Å². The molecule has 0 spiro atoms. The van der Waals surface area contributed by atoms with E-state index >= 15 is 0 Å². The second-order valence-electron chi connectivity index (χ2n) is 5.18. The minimum absolute atomic E-state index is 0.0580. The van der Waals surface area contributed by atoms with Gasteiger partial charge < -0.3 is 20.3 Å². The van der Waals surface area contributed by atoms with Gasteiger partial charge in [0.1, 0.15) is 0 Å². The number of aliphatic imine (C=N–C) groups is 1. The Hall–Kier alpha value is -3.35. The molecule has 0 atom stereocenters. The number of anilines is 1. The summed E-state index contributed by atoms with van der Waals surface area (Å²) in [5.74, 6) is -0.938. The zero-order valence-corrected chi connectivity index (χ0v) is 13.6. The third kappa shape index (κ3) is 5.65. The van der Waals surface area contributed by atoms with Gasteiger partial charge in [0.25, 0.3) is 0 Å². The smallest absolute Gasteiger partial charge is 0.303 e. The van der Waals surface area contributed by atoms with Gasteiger partial charge in [0.2, 0.25) is 5.91 Å². The fourth-order valence-corrected chi connectivity index (χ4v) is 2.00. The number of amides is 1. The van der Waals surface area contributed by atoms with Crippen molar-refractivity contribution < 1.29 is 24.5 Å². The number of nitrogens with zero attached hydrogens (tertiary/aromatic N) is 1. The first-order valence-corrected chi connectivity index (χ1v) is 7.50. The number of nitrogens with one attached hydrogen (secondary N) is 1. The number of methoxy groups -OCH3 is 1. The molecule has 0 aliphatic rings. The molecule has 0 unspecified atom stereocenters. The standard InChI is InChI=1S/C18H18N2O5/c1-25-16-10-12(2-7-15(16)21)11-19-13-3-5-14(6-4-13)20-17(22)8-9-18(23)24/h2-7,10-11,21H,8-9H2,1H3,(H,20,22)(H,23,24). The maximum absolute atomic E-state index is 11.6. The number of carbonyl (C=O) groups excluding carboxylic acids is 1. The largest absolute Gasteiger partial charge is 0.504 e. The number of carboxylic acids is 1. The summed E-state index contributed by atoms with van der Waals surface area (Å²) >= 11 is 0. The average Bonchev–Trinajstić information content (AvgIpc) is 2.60. The third-order valence-corrected chi connectivity index (χ3v) is 3.28. The second-order valence-corrected chi connectivity index (χ2v) is 5.18. The number of ether oxygens (including phenoxy) is 1. The molecule has 0 heterocycles. The lowest BCUT2D eigenvalue weighted by Gasteiger charge is -2.05. The van der Waals surface area contributed by atoms with E-state index in [0.717, 1.165) is 5.56 Å². The van der Waals surface area contributed by atoms with Crippen LogP contribution in [0, 0.1) is 0 Å². The Labute approximate surface area is 144 Å². The van der Waals surface area contributed by atoms with E-state index in [1.807, 2.05) is 0 Å². The Balaban J connectivity index is 1.98. The molecule has 0 radical (unpaired) electrons. The lowest BCUT2D eigenvalue weighted by atomic mass is 10.2. The number of carbonyl (C=O) groups is 2. The molecular formula is C18H18N2O5. The van der Waals surface area contributed by atoms with Crippen LogP contribution in [-0.2, 0) is 9.59 Å². The van der Waals surface area contributed by atoms with Crippen LogP contribution in [0.1, 0.15) is 18.4 Å². The SMILES string of the molecule is COc1cc(C=Nc2ccc(NC(=O)CCC(=O)O)cc2)ccc1O. The Morgan fingerprint density at radius 3 is 2.52 bits per heavy atom. The van der Waals surface area contributed by atoms with Crippen LogP contribution in [0.25, 0.3) is 0 Å². The molecule has 7 nitrogen and oxygen atoms in total. The minimum atomic E-state index is -1.01. The number of rotatable bonds is 7. The Kier molecular flexibility index (Phi) is 6.11. The fraction of sp³-hybridized carbons (Fsp3) is 0.167. The summed E-state index contributed by atoms with van der Waals surface area (Å²) in [6.07, 6.45) is 1.35. The molecule has 3 N–H and O–H groups in total. The molecule has 7 heteroatoms. The maximum atomic E-state index is 11.6. The van der Waals surface area contributed by atoms with E-state index in [9.17, 15) is 14.7 Å². The highest BCUT2D eigenvalue weighted by atomic mass is 16.5. The predicted octanol–water partition coefficient (Wildman–Crippen LogP) is 2.95. The van der Waals surface area contributed by atoms with Gasteiger partial charge in [-0.15, -0.1) is 0 Å². The molecule has 0 fully saturated rings. The van der Waals surface area contributed by atoms with E-state index in [-0.39, 0.29) is 24.5 Å². The van der Waals surface area contributed by atoms with Gasteiger partial charge in [-0.05, 0) is 48.0 Å². The molecule has 0 aliphatic heterocycles. The van der Waals surface area contributed by atoms with Gasteiger partial charge in [0.15, 0.2) is 11.5 Å². The van der Waals surface area contributed by atoms with Crippen LogP contribution in [0.5, 0.6) is 11.5 Å². The van der Waals surface area contributed by atoms with Crippen molar-refractivity contribution in [2.24, 2.45) is 4.99 Å². The zero-order chi connectivity index (χ0) is 18.2. The number of phenols is 1. The Morgan fingerprint density at radius 1 is 1.16 bits per heavy atom. The average molecular weight is 342 g/mol. The van der Waals surface area contributed by atoms with Crippen molar-refractivity contribution in [3.8, 4) is 11.5 Å². The Morgan fingerprint density at radius 2 is 1.88 bits per heavy atom. The molecule has 0 aromatic heterocycles. The van der Waals surface area contributed by atoms with Gasteiger partial charge in [-0.25, -0.2) is 0 Å². The topological polar surface area (TPSA) is 108 Å². The number of aliphatic carboxylic acids is 1. The van der Waals surface area contributed by atoms with E-state index in [1.165, 1.54) is 13.2 Å². The summed E-state index contributed by atoms with van der Waals surface area (Å²) < 4.78 is 5.04. The van der Waals surface area contributed by atoms with Gasteiger partial charge in [-0.1, -0.05) is 0 Å². The van der Waals surface area contributed by atoms with Crippen LogP contribution < -0.4 is 10.1 Å². The highest BCUT2D eigenvalue weighted by Gasteiger charge is 2.05. The number of hydrogen-bond acceptors (Lipinski definition) is 5. The number of carboxylic acid groups (broad SMARTS) is 1. The van der Waals surface area contributed by atoms with Crippen molar-refractivity contribution in [2.75, 3.05) is 12.4 Å². The highest BCUT2D eigenvalue weighted by Crippen LogP contribution is 2.26. The van der Waals surface area contributed by atoms with E-state index in [2.05, 4.69) is 10.3 Å². The van der Waals surface area contributed by atoms with Gasteiger partial charge in [-0.2, -0.15) is 0 Å². The normalized spacial score (nSPS) is 10.6. The third-order valence-electron chi connectivity index (χ3n) is 3.28. The number of aromatic hydroxyl groups is 1. The first-order chi connectivity index (χ1) is 12.0. The predicted molar refractivity (Wildman–Crippen MR) is 93.9 cm³/mol. The van der Waals surface area contributed by atoms with Crippen LogP contribution in [0.2, 0.25) is 0 Å². The lowest BCUT2D eigenvalue weighted by Crippen LogP contribution is -2.12. The van der Waals surface area contributed by atoms with Crippen molar-refractivity contribution in [3.63, 3.8) is 0 Å². The fourth-order valence-electron chi connectivity index (χ4n) is 2.00. The van der Waals surface area contributed by atoms with Crippen molar-refractivity contribution in [2.45, 2.75) is 12.8 Å². The summed E-state index contributed by atoms with van der Waals surface area (Å²) in [6, 6.07) is 11.7. The van der Waals surface area contributed by atoms with E-state index in [4.69, 9.17) is 9.84 Å². The van der Waals surface area contributed by atoms with Gasteiger partial charge in [0, 0.05) is 18.3 Å². The number of hydrogen-bond donors (Lipinski definition) is 3. The van der Waals surface area contributed by atoms with Crippen molar-refractivity contribution in [1.82, 2.24) is 0 Å². The monoisotopic (exact) mass is 342 g/mol. The molecule has 0 bridgehead atoms. The van der Waals surface area contributed by atoms with Gasteiger partial charge in [0.05, 0.1) is 19.2 Å². The molecule has 2 aromatic rings. The van der Waals surface area contributed by atoms with Crippen LogP contribution >= 0.6 is 0 Å². The van der Waals surface area contributed by atoms with Crippen molar-refractivity contribution in [3.05, 3.63) is 48.0 Å². The first kappa shape index (κ1) is 18.0. The molecular weight excluding hydrogens is 324 g/mol. The molecule has 130 valence electrons. The molecule has 0 saturated heterocycles. The molecule has 1 amide bonds. The molecule has 0 saturated carbocycles. The summed E-state index contributed by atoms with van der Waals surface area (Å²) in [4.78, 5) is 26.3. The van der Waals surface area contributed by atoms with Crippen LogP contribution in [-0.4, -0.2) is 35.4 Å².